The van der Waals surface area contributed by atoms with Gasteiger partial charge >= 0.3 is 5.97 Å². The molecule has 3 saturated heterocycles. The molecule has 3 unspecified atom stereocenters. The van der Waals surface area contributed by atoms with E-state index in [0.717, 1.165) is 0 Å². The van der Waals surface area contributed by atoms with Crippen LogP contribution in [-0.2, 0) is 23.9 Å². The number of alkyl halides is 1. The van der Waals surface area contributed by atoms with E-state index < -0.39 is 35.6 Å². The highest BCUT2D eigenvalue weighted by molar-refractivity contribution is 9.09. The van der Waals surface area contributed by atoms with Gasteiger partial charge in [-0.2, -0.15) is 0 Å². The van der Waals surface area contributed by atoms with E-state index in [1.807, 2.05) is 0 Å². The van der Waals surface area contributed by atoms with Gasteiger partial charge in [-0.1, -0.05) is 58.4 Å². The Labute approximate surface area is 230 Å². The number of carbonyl (C=O) groups excluding carboxylic acids is 3. The molecular formula is C27H32BrClN2O6. The fourth-order valence-corrected chi connectivity index (χ4v) is 7.16. The summed E-state index contributed by atoms with van der Waals surface area (Å²) in [6, 6.07) is 6.05. The summed E-state index contributed by atoms with van der Waals surface area (Å²) in [5.74, 6) is -2.84. The summed E-state index contributed by atoms with van der Waals surface area (Å²) in [6.07, 6.45) is 4.76. The van der Waals surface area contributed by atoms with Crippen LogP contribution >= 0.6 is 27.5 Å². The first-order valence-corrected chi connectivity index (χ1v) is 13.8. The number of amides is 2. The third-order valence-electron chi connectivity index (χ3n) is 7.42. The van der Waals surface area contributed by atoms with Crippen LogP contribution in [-0.4, -0.2) is 76.7 Å². The number of nitrogens with zero attached hydrogens (tertiary/aromatic N) is 2. The van der Waals surface area contributed by atoms with Crippen molar-refractivity contribution in [2.45, 2.75) is 48.3 Å². The number of carbonyl (C=O) groups is 3. The molecule has 3 aliphatic rings. The molecule has 1 N–H and O–H groups in total. The first kappa shape index (κ1) is 27.8. The number of anilines is 1. The lowest BCUT2D eigenvalue weighted by Gasteiger charge is -2.37. The Bertz CT molecular complexity index is 1070. The number of likely N-dealkylation sites (tertiary alicyclic amines) is 1. The molecule has 0 saturated carbocycles. The maximum Gasteiger partial charge on any atom is 0.312 e. The van der Waals surface area contributed by atoms with Crippen molar-refractivity contribution in [3.05, 3.63) is 54.6 Å². The molecule has 0 radical (unpaired) electrons. The maximum atomic E-state index is 14.4. The number of hydrogen-bond acceptors (Lipinski definition) is 6. The molecule has 200 valence electrons. The second kappa shape index (κ2) is 11.7. The van der Waals surface area contributed by atoms with Crippen LogP contribution in [0.1, 0.15) is 25.7 Å². The monoisotopic (exact) mass is 594 g/mol. The van der Waals surface area contributed by atoms with Gasteiger partial charge in [0.05, 0.1) is 28.6 Å². The molecule has 10 heteroatoms. The quantitative estimate of drug-likeness (QED) is 0.172. The van der Waals surface area contributed by atoms with Crippen LogP contribution < -0.4 is 4.90 Å². The van der Waals surface area contributed by atoms with Crippen molar-refractivity contribution >= 4 is 51.0 Å². The van der Waals surface area contributed by atoms with E-state index in [-0.39, 0.29) is 36.4 Å². The van der Waals surface area contributed by atoms with Gasteiger partial charge in [-0.3, -0.25) is 14.4 Å². The lowest BCUT2D eigenvalue weighted by molar-refractivity contribution is -0.153. The first-order chi connectivity index (χ1) is 17.8. The molecule has 3 aliphatic heterocycles. The van der Waals surface area contributed by atoms with Gasteiger partial charge in [-0.15, -0.1) is 6.58 Å². The molecule has 3 heterocycles. The normalized spacial score (nSPS) is 29.8. The highest BCUT2D eigenvalue weighted by Gasteiger charge is 2.77. The zero-order valence-corrected chi connectivity index (χ0v) is 22.9. The number of ether oxygens (including phenoxy) is 2. The van der Waals surface area contributed by atoms with Crippen molar-refractivity contribution in [3.63, 3.8) is 0 Å². The van der Waals surface area contributed by atoms with Crippen molar-refractivity contribution in [3.8, 4) is 0 Å². The van der Waals surface area contributed by atoms with Crippen molar-refractivity contribution in [1.82, 2.24) is 4.90 Å². The number of rotatable bonds is 12. The summed E-state index contributed by atoms with van der Waals surface area (Å²) in [6.45, 7) is 7.95. The predicted octanol–water partition coefficient (Wildman–Crippen LogP) is 3.50. The van der Waals surface area contributed by atoms with Crippen molar-refractivity contribution < 1.29 is 29.0 Å². The summed E-state index contributed by atoms with van der Waals surface area (Å²) in [4.78, 5) is 44.3. The zero-order valence-electron chi connectivity index (χ0n) is 20.6. The molecule has 6 atom stereocenters. The minimum absolute atomic E-state index is 0.0236. The number of para-hydroxylation sites is 1. The van der Waals surface area contributed by atoms with Gasteiger partial charge in [0.15, 0.2) is 0 Å². The Morgan fingerprint density at radius 2 is 2.03 bits per heavy atom. The van der Waals surface area contributed by atoms with E-state index in [0.29, 0.717) is 42.9 Å². The van der Waals surface area contributed by atoms with E-state index in [9.17, 15) is 19.5 Å². The smallest absolute Gasteiger partial charge is 0.312 e. The second-order valence-electron chi connectivity index (χ2n) is 9.59. The van der Waals surface area contributed by atoms with Crippen LogP contribution in [0.2, 0.25) is 5.02 Å². The van der Waals surface area contributed by atoms with E-state index >= 15 is 0 Å². The minimum atomic E-state index is -1.19. The van der Waals surface area contributed by atoms with Crippen LogP contribution in [0.5, 0.6) is 0 Å². The third kappa shape index (κ3) is 4.87. The Balaban J connectivity index is 1.76. The number of halogens is 2. The second-order valence-corrected chi connectivity index (χ2v) is 11.2. The molecule has 1 spiro atoms. The topological polar surface area (TPSA) is 96.4 Å². The number of esters is 1. The summed E-state index contributed by atoms with van der Waals surface area (Å²) < 4.78 is 11.8. The Hall–Kier alpha value is -2.20. The number of aliphatic hydroxyl groups is 1. The average molecular weight is 596 g/mol. The van der Waals surface area contributed by atoms with E-state index in [1.54, 1.807) is 35.2 Å². The Morgan fingerprint density at radius 1 is 1.27 bits per heavy atom. The molecular weight excluding hydrogens is 564 g/mol. The molecule has 3 fully saturated rings. The predicted molar refractivity (Wildman–Crippen MR) is 144 cm³/mol. The minimum Gasteiger partial charge on any atom is -0.461 e. The summed E-state index contributed by atoms with van der Waals surface area (Å²) in [5.41, 5.74) is -0.686. The van der Waals surface area contributed by atoms with Gasteiger partial charge in [-0.25, -0.2) is 0 Å². The van der Waals surface area contributed by atoms with Gasteiger partial charge in [0.2, 0.25) is 5.91 Å². The standard InChI is InChI=1S/C27H32BrClN2O6/c1-3-12-30(19-11-7-6-10-18(19)29)25(34)23-27-16-17(28)22(37-27)20(26(35)36-15-4-2)21(27)24(33)31(23)13-8-5-9-14-32/h3-4,6-7,10-11,17,20-23,32H,1-2,5,8-9,12-16H2/t17?,20-,21-,22-,23?,27?/m0/s1. The molecule has 0 aliphatic carbocycles. The van der Waals surface area contributed by atoms with Gasteiger partial charge in [0.1, 0.15) is 18.2 Å². The largest absolute Gasteiger partial charge is 0.461 e. The lowest BCUT2D eigenvalue weighted by atomic mass is 9.70. The first-order valence-electron chi connectivity index (χ1n) is 12.5. The average Bonchev–Trinajstić information content (AvgIpc) is 3.47. The van der Waals surface area contributed by atoms with Crippen LogP contribution in [0, 0.1) is 11.8 Å². The summed E-state index contributed by atoms with van der Waals surface area (Å²) in [7, 11) is 0. The number of unbranched alkanes of at least 4 members (excludes halogenated alkanes) is 2. The SMILES string of the molecule is C=CCOC(=O)[C@H]1[C@H]2C(=O)N(CCCCCO)C(C(=O)N(CC=C)c3ccccc3Cl)C23CC(Br)[C@@H]1O3. The van der Waals surface area contributed by atoms with Crippen LogP contribution in [0.3, 0.4) is 0 Å². The summed E-state index contributed by atoms with van der Waals surface area (Å²) in [5, 5.41) is 9.59. The highest BCUT2D eigenvalue weighted by Crippen LogP contribution is 2.60. The van der Waals surface area contributed by atoms with Crippen molar-refractivity contribution in [2.24, 2.45) is 11.8 Å². The highest BCUT2D eigenvalue weighted by atomic mass is 79.9. The van der Waals surface area contributed by atoms with E-state index in [2.05, 4.69) is 29.1 Å². The van der Waals surface area contributed by atoms with E-state index in [4.69, 9.17) is 21.1 Å². The van der Waals surface area contributed by atoms with Crippen LogP contribution in [0.15, 0.2) is 49.6 Å². The number of benzene rings is 1. The van der Waals surface area contributed by atoms with Gasteiger partial charge in [0.25, 0.3) is 5.91 Å². The molecule has 0 aromatic heterocycles. The fourth-order valence-electron chi connectivity index (χ4n) is 5.98. The molecule has 4 rings (SSSR count). The molecule has 8 nitrogen and oxygen atoms in total. The molecule has 37 heavy (non-hydrogen) atoms. The Kier molecular flexibility index (Phi) is 8.78. The van der Waals surface area contributed by atoms with Crippen molar-refractivity contribution in [1.29, 1.82) is 0 Å². The molecule has 2 amide bonds. The number of hydrogen-bond donors (Lipinski definition) is 1. The zero-order chi connectivity index (χ0) is 26.7. The molecule has 1 aromatic carbocycles. The third-order valence-corrected chi connectivity index (χ3v) is 8.58. The Morgan fingerprint density at radius 3 is 2.70 bits per heavy atom. The molecule has 2 bridgehead atoms. The van der Waals surface area contributed by atoms with E-state index in [1.165, 1.54) is 11.0 Å². The fraction of sp³-hybridized carbons (Fsp3) is 0.519. The molecule has 1 aromatic rings. The van der Waals surface area contributed by atoms with Crippen LogP contribution in [0.25, 0.3) is 0 Å². The number of fused-ring (bicyclic) bond motifs is 1. The van der Waals surface area contributed by atoms with Crippen LogP contribution in [0.4, 0.5) is 5.69 Å². The van der Waals surface area contributed by atoms with Gasteiger partial charge < -0.3 is 24.4 Å². The summed E-state index contributed by atoms with van der Waals surface area (Å²) >= 11 is 10.1. The van der Waals surface area contributed by atoms with Gasteiger partial charge in [0, 0.05) is 24.5 Å². The lowest BCUT2D eigenvalue weighted by Crippen LogP contribution is -2.57. The number of aliphatic hydroxyl groups excluding tert-OH is 1. The maximum absolute atomic E-state index is 14.4. The van der Waals surface area contributed by atoms with Gasteiger partial charge in [-0.05, 0) is 37.8 Å². The van der Waals surface area contributed by atoms with Crippen molar-refractivity contribution in [2.75, 3.05) is 31.2 Å².